The molecule has 3 fully saturated rings. The number of aliphatic hydroxyl groups is 1. The molecule has 0 aromatic rings. The van der Waals surface area contributed by atoms with Gasteiger partial charge in [0.25, 0.3) is 0 Å². The Labute approximate surface area is 214 Å². The van der Waals surface area contributed by atoms with Crippen molar-refractivity contribution in [3.8, 4) is 0 Å². The molecule has 31 heavy (non-hydrogen) atoms. The van der Waals surface area contributed by atoms with E-state index in [1.807, 2.05) is 6.08 Å². The van der Waals surface area contributed by atoms with Crippen LogP contribution in [0.2, 0.25) is 0 Å². The molecule has 173 valence electrons. The molecular formula is C26H40O4Y-2. The summed E-state index contributed by atoms with van der Waals surface area (Å²) in [5.74, 6) is 2.79. The monoisotopic (exact) mass is 505 g/mol. The maximum Gasteiger partial charge on any atom is 0.155 e. The van der Waals surface area contributed by atoms with Gasteiger partial charge in [0.2, 0.25) is 0 Å². The molecule has 4 aliphatic carbocycles. The smallest absolute Gasteiger partial charge is 0.155 e. The van der Waals surface area contributed by atoms with E-state index in [-0.39, 0.29) is 55.9 Å². The summed E-state index contributed by atoms with van der Waals surface area (Å²) in [5, 5.41) is 11.5. The minimum atomic E-state index is -0.263. The van der Waals surface area contributed by atoms with Gasteiger partial charge in [-0.3, -0.25) is 4.79 Å². The fourth-order valence-corrected chi connectivity index (χ4v) is 7.84. The molecule has 0 aromatic carbocycles. The Balaban J connectivity index is 0.000000514. The SMILES string of the molecule is CCO[C-]=O.C[CH-][C@H]1CCC2C3C(CC[C@@]21C)[C@@]1(C)CCC(=O)C=C1[C@H](CC)[C@H]3O.[Y]. The van der Waals surface area contributed by atoms with Gasteiger partial charge in [-0.25, -0.2) is 0 Å². The van der Waals surface area contributed by atoms with Crippen molar-refractivity contribution in [2.24, 2.45) is 40.4 Å². The van der Waals surface area contributed by atoms with Gasteiger partial charge in [0.1, 0.15) is 0 Å². The normalized spacial score (nSPS) is 43.2. The van der Waals surface area contributed by atoms with Gasteiger partial charge in [-0.2, -0.15) is 12.8 Å². The first-order valence-corrected chi connectivity index (χ1v) is 12.0. The molecule has 4 rings (SSSR count). The fourth-order valence-electron chi connectivity index (χ4n) is 7.84. The second-order valence-electron chi connectivity index (χ2n) is 10.4. The van der Waals surface area contributed by atoms with Crippen LogP contribution < -0.4 is 0 Å². The Morgan fingerprint density at radius 3 is 2.45 bits per heavy atom. The summed E-state index contributed by atoms with van der Waals surface area (Å²) in [7, 11) is 0. The fraction of sp³-hybridized carbons (Fsp3) is 0.808. The van der Waals surface area contributed by atoms with E-state index < -0.39 is 0 Å². The third kappa shape index (κ3) is 4.65. The summed E-state index contributed by atoms with van der Waals surface area (Å²) >= 11 is 0. The van der Waals surface area contributed by atoms with Gasteiger partial charge in [0.15, 0.2) is 5.78 Å². The molecule has 3 unspecified atom stereocenters. The van der Waals surface area contributed by atoms with Crippen LogP contribution in [0.15, 0.2) is 11.6 Å². The molecule has 0 aromatic heterocycles. The molecule has 8 atom stereocenters. The predicted octanol–water partition coefficient (Wildman–Crippen LogP) is 5.05. The van der Waals surface area contributed by atoms with Crippen molar-refractivity contribution in [3.63, 3.8) is 0 Å². The number of fused-ring (bicyclic) bond motifs is 5. The van der Waals surface area contributed by atoms with E-state index in [1.54, 1.807) is 6.92 Å². The molecule has 0 amide bonds. The third-order valence-corrected chi connectivity index (χ3v) is 9.34. The van der Waals surface area contributed by atoms with Crippen LogP contribution in [-0.2, 0) is 47.0 Å². The summed E-state index contributed by atoms with van der Waals surface area (Å²) in [6, 6.07) is 0. The van der Waals surface area contributed by atoms with Crippen LogP contribution in [-0.4, -0.2) is 30.1 Å². The summed E-state index contributed by atoms with van der Waals surface area (Å²) in [6.45, 7) is 12.7. The van der Waals surface area contributed by atoms with E-state index in [4.69, 9.17) is 4.79 Å². The molecule has 4 aliphatic rings. The molecule has 1 radical (unpaired) electrons. The van der Waals surface area contributed by atoms with Crippen LogP contribution in [0, 0.1) is 46.8 Å². The number of carbonyl (C=O) groups excluding carboxylic acids is 2. The van der Waals surface area contributed by atoms with Gasteiger partial charge in [-0.05, 0) is 61.9 Å². The molecule has 0 spiro atoms. The number of hydrogen-bond acceptors (Lipinski definition) is 4. The molecule has 0 heterocycles. The second kappa shape index (κ2) is 10.9. The van der Waals surface area contributed by atoms with E-state index in [9.17, 15) is 9.90 Å². The molecule has 0 aliphatic heterocycles. The Morgan fingerprint density at radius 1 is 1.19 bits per heavy atom. The molecule has 0 saturated heterocycles. The van der Waals surface area contributed by atoms with Crippen LogP contribution in [0.3, 0.4) is 0 Å². The maximum absolute atomic E-state index is 12.1. The van der Waals surface area contributed by atoms with E-state index in [0.717, 1.165) is 12.8 Å². The number of carbonyl (C=O) groups is 1. The molecule has 0 bridgehead atoms. The maximum atomic E-state index is 12.1. The van der Waals surface area contributed by atoms with E-state index in [2.05, 4.69) is 38.9 Å². The summed E-state index contributed by atoms with van der Waals surface area (Å²) in [5.41, 5.74) is 1.80. The predicted molar refractivity (Wildman–Crippen MR) is 118 cm³/mol. The number of ketones is 1. The van der Waals surface area contributed by atoms with Gasteiger partial charge in [0, 0.05) is 51.7 Å². The first-order valence-electron chi connectivity index (χ1n) is 12.0. The van der Waals surface area contributed by atoms with Crippen molar-refractivity contribution in [1.29, 1.82) is 0 Å². The van der Waals surface area contributed by atoms with Crippen LogP contribution in [0.5, 0.6) is 0 Å². The van der Waals surface area contributed by atoms with Gasteiger partial charge in [0.05, 0.1) is 6.10 Å². The number of rotatable bonds is 4. The minimum absolute atomic E-state index is 0. The quantitative estimate of drug-likeness (QED) is 0.543. The first-order chi connectivity index (χ1) is 14.3. The van der Waals surface area contributed by atoms with E-state index >= 15 is 0 Å². The molecule has 1 N–H and O–H groups in total. The summed E-state index contributed by atoms with van der Waals surface area (Å²) in [4.78, 5) is 21.2. The van der Waals surface area contributed by atoms with Crippen LogP contribution in [0.1, 0.15) is 79.6 Å². The zero-order valence-electron chi connectivity index (χ0n) is 20.0. The van der Waals surface area contributed by atoms with Crippen LogP contribution in [0.4, 0.5) is 0 Å². The standard InChI is InChI=1S/C23H35O2.C3H5O2.Y/c1-5-14-7-8-17-20-18(10-12-22(14,17)3)23(4)11-9-15(24)13-19(23)16(6-2)21(20)25;1-2-5-3-4;/h5,13-14,16-18,20-21,25H,6-12H2,1-4H3;2H2,1H3;/q2*-1;/t14-,16-,17?,18?,20?,21+,22+,23+;;/m0../s1. The van der Waals surface area contributed by atoms with Gasteiger partial charge in [-0.15, -0.1) is 0 Å². The Kier molecular flexibility index (Phi) is 9.57. The second-order valence-corrected chi connectivity index (χ2v) is 10.4. The minimum Gasteiger partial charge on any atom is -0.653 e. The van der Waals surface area contributed by atoms with Gasteiger partial charge in [-0.1, -0.05) is 51.1 Å². The van der Waals surface area contributed by atoms with Crippen molar-refractivity contribution in [1.82, 2.24) is 0 Å². The summed E-state index contributed by atoms with van der Waals surface area (Å²) in [6.07, 6.45) is 11.8. The Morgan fingerprint density at radius 2 is 1.90 bits per heavy atom. The zero-order valence-corrected chi connectivity index (χ0v) is 22.9. The molecule has 5 heteroatoms. The van der Waals surface area contributed by atoms with Crippen molar-refractivity contribution >= 4 is 12.3 Å². The number of hydrogen-bond donors (Lipinski definition) is 1. The Bertz CT molecular complexity index is 676. The zero-order chi connectivity index (χ0) is 22.1. The first kappa shape index (κ1) is 27.2. The molecule has 4 nitrogen and oxygen atoms in total. The number of aliphatic hydroxyl groups excluding tert-OH is 1. The summed E-state index contributed by atoms with van der Waals surface area (Å²) < 4.78 is 4.03. The van der Waals surface area contributed by atoms with Crippen LogP contribution in [0.25, 0.3) is 0 Å². The molecule has 3 saturated carbocycles. The topological polar surface area (TPSA) is 63.6 Å². The third-order valence-electron chi connectivity index (χ3n) is 9.34. The van der Waals surface area contributed by atoms with Gasteiger partial charge >= 0.3 is 0 Å². The van der Waals surface area contributed by atoms with E-state index in [1.165, 1.54) is 37.7 Å². The van der Waals surface area contributed by atoms with Crippen molar-refractivity contribution in [3.05, 3.63) is 18.1 Å². The van der Waals surface area contributed by atoms with Crippen molar-refractivity contribution in [2.45, 2.75) is 85.7 Å². The Hall–Kier alpha value is -0.0561. The van der Waals surface area contributed by atoms with Gasteiger partial charge < -0.3 is 21.1 Å². The average molecular weight is 506 g/mol. The average Bonchev–Trinajstić information content (AvgIpc) is 3.07. The molecular weight excluding hydrogens is 465 g/mol. The number of ether oxygens (including phenoxy) is 1. The van der Waals surface area contributed by atoms with Crippen molar-refractivity contribution < 1.29 is 52.1 Å². The largest absolute Gasteiger partial charge is 0.653 e. The van der Waals surface area contributed by atoms with E-state index in [0.29, 0.717) is 42.1 Å². The van der Waals surface area contributed by atoms with Crippen molar-refractivity contribution in [2.75, 3.05) is 6.61 Å². The van der Waals surface area contributed by atoms with Crippen LogP contribution >= 0.6 is 0 Å².